The van der Waals surface area contributed by atoms with Crippen molar-refractivity contribution in [2.75, 3.05) is 0 Å². The molecule has 0 amide bonds. The molecule has 0 bridgehead atoms. The predicted octanol–water partition coefficient (Wildman–Crippen LogP) is 5.05. The molecule has 0 heterocycles. The Morgan fingerprint density at radius 1 is 0.773 bits per heavy atom. The number of unbranched alkanes of at least 4 members (excludes halogenated alkanes) is 9. The molecule has 0 aliphatic carbocycles. The summed E-state index contributed by atoms with van der Waals surface area (Å²) in [5.41, 5.74) is 0. The van der Waals surface area contributed by atoms with Crippen molar-refractivity contribution in [1.29, 1.82) is 0 Å². The summed E-state index contributed by atoms with van der Waals surface area (Å²) in [6.07, 6.45) is 13.2. The first kappa shape index (κ1) is 21.0. The molecule has 0 radical (unpaired) electrons. The third-order valence-corrected chi connectivity index (χ3v) is 4.12. The number of ketones is 3. The third-order valence-electron chi connectivity index (χ3n) is 4.12. The largest absolute Gasteiger partial charge is 0.300 e. The van der Waals surface area contributed by atoms with Crippen LogP contribution in [0.15, 0.2) is 0 Å². The lowest BCUT2D eigenvalue weighted by molar-refractivity contribution is -0.140. The molecular formula is C19H34O3. The summed E-state index contributed by atoms with van der Waals surface area (Å²) in [5, 5.41) is 0. The van der Waals surface area contributed by atoms with E-state index in [-0.39, 0.29) is 23.9 Å². The zero-order valence-corrected chi connectivity index (χ0v) is 14.8. The first-order chi connectivity index (χ1) is 10.5. The molecule has 3 heteroatoms. The van der Waals surface area contributed by atoms with Crippen molar-refractivity contribution >= 4 is 17.3 Å². The van der Waals surface area contributed by atoms with E-state index >= 15 is 0 Å². The van der Waals surface area contributed by atoms with Gasteiger partial charge in [-0.2, -0.15) is 0 Å². The third kappa shape index (κ3) is 11.6. The molecule has 0 fully saturated rings. The highest BCUT2D eigenvalue weighted by molar-refractivity contribution is 6.40. The van der Waals surface area contributed by atoms with E-state index in [1.54, 1.807) is 6.92 Å². The molecule has 0 aromatic rings. The molecule has 3 nitrogen and oxygen atoms in total. The maximum absolute atomic E-state index is 11.8. The number of hydrogen-bond acceptors (Lipinski definition) is 3. The van der Waals surface area contributed by atoms with Crippen LogP contribution in [-0.4, -0.2) is 17.3 Å². The van der Waals surface area contributed by atoms with Gasteiger partial charge in [0.2, 0.25) is 11.6 Å². The van der Waals surface area contributed by atoms with Crippen LogP contribution in [-0.2, 0) is 14.4 Å². The van der Waals surface area contributed by atoms with Crippen molar-refractivity contribution in [3.05, 3.63) is 0 Å². The molecule has 1 unspecified atom stereocenters. The van der Waals surface area contributed by atoms with Crippen molar-refractivity contribution in [2.24, 2.45) is 5.92 Å². The molecular weight excluding hydrogens is 276 g/mol. The van der Waals surface area contributed by atoms with Crippen LogP contribution < -0.4 is 0 Å². The summed E-state index contributed by atoms with van der Waals surface area (Å²) in [7, 11) is 0. The van der Waals surface area contributed by atoms with E-state index in [2.05, 4.69) is 6.92 Å². The minimum Gasteiger partial charge on any atom is -0.300 e. The van der Waals surface area contributed by atoms with Crippen LogP contribution in [0.1, 0.15) is 97.8 Å². The molecule has 0 saturated heterocycles. The van der Waals surface area contributed by atoms with E-state index in [9.17, 15) is 14.4 Å². The van der Waals surface area contributed by atoms with Gasteiger partial charge in [0.1, 0.15) is 5.78 Å². The van der Waals surface area contributed by atoms with Crippen molar-refractivity contribution in [1.82, 2.24) is 0 Å². The number of carbonyl (C=O) groups is 3. The summed E-state index contributed by atoms with van der Waals surface area (Å²) in [6, 6.07) is 0. The number of Topliss-reactive ketones (excluding diaryl/α,β-unsaturated/α-hetero) is 3. The molecule has 0 spiro atoms. The summed E-state index contributed by atoms with van der Waals surface area (Å²) in [5.74, 6) is -1.36. The van der Waals surface area contributed by atoms with Gasteiger partial charge in [0.05, 0.1) is 6.42 Å². The average Bonchev–Trinajstić information content (AvgIpc) is 2.47. The van der Waals surface area contributed by atoms with E-state index < -0.39 is 5.78 Å². The standard InChI is InChI=1S/C19H34O3/c1-4-5-6-7-8-9-10-11-12-13-14-16(2)19(22)18(21)15-17(3)20/h16H,4-15H2,1-3H3. The smallest absolute Gasteiger partial charge is 0.205 e. The van der Waals surface area contributed by atoms with E-state index in [4.69, 9.17) is 0 Å². The Bertz CT molecular complexity index is 334. The van der Waals surface area contributed by atoms with Gasteiger partial charge in [0, 0.05) is 5.92 Å². The zero-order valence-electron chi connectivity index (χ0n) is 14.8. The Morgan fingerprint density at radius 3 is 1.68 bits per heavy atom. The van der Waals surface area contributed by atoms with Gasteiger partial charge in [-0.25, -0.2) is 0 Å². The van der Waals surface area contributed by atoms with Gasteiger partial charge >= 0.3 is 0 Å². The van der Waals surface area contributed by atoms with Gasteiger partial charge in [-0.15, -0.1) is 0 Å². The van der Waals surface area contributed by atoms with Crippen LogP contribution >= 0.6 is 0 Å². The van der Waals surface area contributed by atoms with Crippen LogP contribution in [0.3, 0.4) is 0 Å². The molecule has 0 saturated carbocycles. The lowest BCUT2D eigenvalue weighted by atomic mass is 9.94. The van der Waals surface area contributed by atoms with Crippen LogP contribution in [0.4, 0.5) is 0 Å². The zero-order chi connectivity index (χ0) is 16.8. The Kier molecular flexibility index (Phi) is 13.0. The number of rotatable bonds is 15. The van der Waals surface area contributed by atoms with Gasteiger partial charge in [-0.3, -0.25) is 14.4 Å². The van der Waals surface area contributed by atoms with Crippen molar-refractivity contribution in [3.8, 4) is 0 Å². The quantitative estimate of drug-likeness (QED) is 0.241. The van der Waals surface area contributed by atoms with Gasteiger partial charge in [0.25, 0.3) is 0 Å². The normalized spacial score (nSPS) is 12.1. The maximum atomic E-state index is 11.8. The SMILES string of the molecule is CCCCCCCCCCCCC(C)C(=O)C(=O)CC(C)=O. The summed E-state index contributed by atoms with van der Waals surface area (Å²) < 4.78 is 0. The molecule has 0 aliphatic heterocycles. The number of carbonyl (C=O) groups excluding carboxylic acids is 3. The fraction of sp³-hybridized carbons (Fsp3) is 0.842. The van der Waals surface area contributed by atoms with Crippen LogP contribution in [0.2, 0.25) is 0 Å². The highest BCUT2D eigenvalue weighted by Crippen LogP contribution is 2.15. The van der Waals surface area contributed by atoms with Gasteiger partial charge in [-0.1, -0.05) is 78.1 Å². The van der Waals surface area contributed by atoms with E-state index in [0.29, 0.717) is 0 Å². The Hall–Kier alpha value is -0.990. The molecule has 128 valence electrons. The fourth-order valence-corrected chi connectivity index (χ4v) is 2.66. The van der Waals surface area contributed by atoms with Crippen molar-refractivity contribution in [3.63, 3.8) is 0 Å². The average molecular weight is 310 g/mol. The molecule has 22 heavy (non-hydrogen) atoms. The first-order valence-electron chi connectivity index (χ1n) is 9.05. The Labute approximate surface area is 136 Å². The van der Waals surface area contributed by atoms with E-state index in [1.165, 1.54) is 58.3 Å². The molecule has 0 aliphatic rings. The first-order valence-corrected chi connectivity index (χ1v) is 9.05. The van der Waals surface area contributed by atoms with Gasteiger partial charge in [-0.05, 0) is 13.3 Å². The second-order valence-electron chi connectivity index (χ2n) is 6.54. The highest BCUT2D eigenvalue weighted by Gasteiger charge is 2.21. The molecule has 1 atom stereocenters. The second kappa shape index (κ2) is 13.7. The van der Waals surface area contributed by atoms with Crippen LogP contribution in [0.5, 0.6) is 0 Å². The lowest BCUT2D eigenvalue weighted by Gasteiger charge is -2.09. The Balaban J connectivity index is 3.52. The summed E-state index contributed by atoms with van der Waals surface area (Å²) >= 11 is 0. The van der Waals surface area contributed by atoms with Crippen LogP contribution in [0.25, 0.3) is 0 Å². The molecule has 0 rings (SSSR count). The van der Waals surface area contributed by atoms with Gasteiger partial charge in [0.15, 0.2) is 0 Å². The summed E-state index contributed by atoms with van der Waals surface area (Å²) in [4.78, 5) is 34.1. The van der Waals surface area contributed by atoms with Crippen molar-refractivity contribution < 1.29 is 14.4 Å². The second-order valence-corrected chi connectivity index (χ2v) is 6.54. The van der Waals surface area contributed by atoms with Crippen LogP contribution in [0, 0.1) is 5.92 Å². The topological polar surface area (TPSA) is 51.2 Å². The van der Waals surface area contributed by atoms with E-state index in [0.717, 1.165) is 19.3 Å². The van der Waals surface area contributed by atoms with Crippen molar-refractivity contribution in [2.45, 2.75) is 97.8 Å². The number of hydrogen-bond donors (Lipinski definition) is 0. The Morgan fingerprint density at radius 2 is 1.23 bits per heavy atom. The highest BCUT2D eigenvalue weighted by atomic mass is 16.2. The van der Waals surface area contributed by atoms with E-state index in [1.807, 2.05) is 0 Å². The lowest BCUT2D eigenvalue weighted by Crippen LogP contribution is -2.23. The predicted molar refractivity (Wildman–Crippen MR) is 90.9 cm³/mol. The summed E-state index contributed by atoms with van der Waals surface area (Å²) in [6.45, 7) is 5.38. The molecule has 0 N–H and O–H groups in total. The minimum atomic E-state index is -0.521. The monoisotopic (exact) mass is 310 g/mol. The van der Waals surface area contributed by atoms with Gasteiger partial charge < -0.3 is 0 Å². The molecule has 0 aromatic carbocycles. The fourth-order valence-electron chi connectivity index (χ4n) is 2.66. The molecule has 0 aromatic heterocycles. The minimum absolute atomic E-state index is 0.232. The maximum Gasteiger partial charge on any atom is 0.205 e.